The molecule has 2 N–H and O–H groups in total. The monoisotopic (exact) mass is 479 g/mol. The fourth-order valence-corrected chi connectivity index (χ4v) is 5.23. The molecular weight excluding hydrogens is 454 g/mol. The van der Waals surface area contributed by atoms with Crippen LogP contribution in [0.2, 0.25) is 0 Å². The lowest BCUT2D eigenvalue weighted by Crippen LogP contribution is -2.55. The molecule has 36 heavy (non-hydrogen) atoms. The van der Waals surface area contributed by atoms with E-state index in [1.807, 2.05) is 25.1 Å². The summed E-state index contributed by atoms with van der Waals surface area (Å²) in [6, 6.07) is 12.8. The number of carbonyl (C=O) groups excluding carboxylic acids is 1. The van der Waals surface area contributed by atoms with Crippen LogP contribution in [0.15, 0.2) is 48.8 Å². The van der Waals surface area contributed by atoms with Gasteiger partial charge in [0, 0.05) is 6.04 Å². The van der Waals surface area contributed by atoms with Crippen LogP contribution in [0.4, 0.5) is 29.0 Å². The first-order valence-electron chi connectivity index (χ1n) is 12.2. The first-order chi connectivity index (χ1) is 17.6. The Morgan fingerprint density at radius 2 is 1.97 bits per heavy atom. The molecule has 0 saturated heterocycles. The van der Waals surface area contributed by atoms with Crippen molar-refractivity contribution in [1.29, 1.82) is 5.26 Å². The molecule has 0 bridgehead atoms. The second-order valence-corrected chi connectivity index (χ2v) is 9.24. The van der Waals surface area contributed by atoms with E-state index in [4.69, 9.17) is 4.98 Å². The molecular formula is C26H25N9O. The van der Waals surface area contributed by atoms with Crippen molar-refractivity contribution in [3.05, 3.63) is 54.4 Å². The molecule has 1 amide bonds. The maximum absolute atomic E-state index is 13.7. The van der Waals surface area contributed by atoms with Crippen molar-refractivity contribution in [3.8, 4) is 6.07 Å². The van der Waals surface area contributed by atoms with Crippen LogP contribution in [0, 0.1) is 11.3 Å². The Kier molecular flexibility index (Phi) is 5.45. The molecule has 6 rings (SSSR count). The van der Waals surface area contributed by atoms with Crippen molar-refractivity contribution in [2.75, 3.05) is 15.1 Å². The molecule has 1 atom stereocenters. The van der Waals surface area contributed by atoms with Crippen molar-refractivity contribution in [2.45, 2.75) is 51.1 Å². The average Bonchev–Trinajstić information content (AvgIpc) is 3.38. The second kappa shape index (κ2) is 8.92. The number of H-pyrrole nitrogens is 1. The van der Waals surface area contributed by atoms with Gasteiger partial charge in [0.05, 0.1) is 35.2 Å². The molecule has 10 heteroatoms. The van der Waals surface area contributed by atoms with Crippen molar-refractivity contribution in [2.24, 2.45) is 0 Å². The highest BCUT2D eigenvalue weighted by Crippen LogP contribution is 2.42. The smallest absolute Gasteiger partial charge is 0.254 e. The molecule has 1 aliphatic heterocycles. The fourth-order valence-electron chi connectivity index (χ4n) is 5.23. The number of fused-ring (bicyclic) bond motifs is 2. The number of benzene rings is 1. The van der Waals surface area contributed by atoms with E-state index in [0.29, 0.717) is 34.5 Å². The standard InChI is InChI=1S/C26H25N9O/c1-16-25(36)35(19-9-5-6-17(12-19)13-27)22-15-28-26(31-23-11-10-20-21(30-23)14-29-33-20)32-24(22)34(16)18-7-3-2-4-8-18/h5-6,9-12,14-16,18H,2-4,7-8H2,1H3,(H,29,33)(H,28,30,31,32)/t16-/m1/s1. The van der Waals surface area contributed by atoms with Crippen LogP contribution < -0.4 is 15.1 Å². The SMILES string of the molecule is C[C@@H]1C(=O)N(c2cccc(C#N)c2)c2cnc(Nc3ccc4[nH]ncc4n3)nc2N1C1CCCCC1. The van der Waals surface area contributed by atoms with Gasteiger partial charge in [0.15, 0.2) is 5.82 Å². The van der Waals surface area contributed by atoms with Crippen LogP contribution in [0.1, 0.15) is 44.6 Å². The number of nitrogens with one attached hydrogen (secondary N) is 2. The number of nitrogens with zero attached hydrogens (tertiary/aromatic N) is 7. The van der Waals surface area contributed by atoms with Crippen LogP contribution in [0.5, 0.6) is 0 Å². The lowest BCUT2D eigenvalue weighted by molar-refractivity contribution is -0.119. The largest absolute Gasteiger partial charge is 0.340 e. The predicted molar refractivity (Wildman–Crippen MR) is 136 cm³/mol. The van der Waals surface area contributed by atoms with E-state index in [2.05, 4.69) is 36.5 Å². The number of rotatable bonds is 4. The van der Waals surface area contributed by atoms with Crippen LogP contribution in [0.25, 0.3) is 11.0 Å². The topological polar surface area (TPSA) is 127 Å². The average molecular weight is 480 g/mol. The van der Waals surface area contributed by atoms with E-state index in [-0.39, 0.29) is 11.9 Å². The Morgan fingerprint density at radius 3 is 2.81 bits per heavy atom. The molecule has 0 unspecified atom stereocenters. The molecule has 2 aliphatic rings. The van der Waals surface area contributed by atoms with E-state index in [1.54, 1.807) is 35.5 Å². The molecule has 3 aromatic heterocycles. The summed E-state index contributed by atoms with van der Waals surface area (Å²) in [5.41, 5.74) is 3.32. The van der Waals surface area contributed by atoms with Gasteiger partial charge in [-0.15, -0.1) is 0 Å². The Bertz CT molecular complexity index is 1480. The van der Waals surface area contributed by atoms with E-state index >= 15 is 0 Å². The summed E-state index contributed by atoms with van der Waals surface area (Å²) in [4.78, 5) is 31.6. The van der Waals surface area contributed by atoms with Gasteiger partial charge in [-0.05, 0) is 50.1 Å². The molecule has 0 radical (unpaired) electrons. The number of amides is 1. The third-order valence-electron chi connectivity index (χ3n) is 6.97. The molecule has 0 spiro atoms. The number of aromatic amines is 1. The van der Waals surface area contributed by atoms with Crippen LogP contribution in [0.3, 0.4) is 0 Å². The van der Waals surface area contributed by atoms with Crippen molar-refractivity contribution < 1.29 is 4.79 Å². The number of nitriles is 1. The van der Waals surface area contributed by atoms with Gasteiger partial charge in [-0.25, -0.2) is 9.97 Å². The van der Waals surface area contributed by atoms with E-state index in [9.17, 15) is 10.1 Å². The molecule has 1 aliphatic carbocycles. The van der Waals surface area contributed by atoms with E-state index in [1.165, 1.54) is 6.42 Å². The Labute approximate surface area is 208 Å². The maximum atomic E-state index is 13.7. The Morgan fingerprint density at radius 1 is 1.11 bits per heavy atom. The zero-order chi connectivity index (χ0) is 24.6. The summed E-state index contributed by atoms with van der Waals surface area (Å²) < 4.78 is 0. The summed E-state index contributed by atoms with van der Waals surface area (Å²) >= 11 is 0. The van der Waals surface area contributed by atoms with Gasteiger partial charge >= 0.3 is 0 Å². The number of aromatic nitrogens is 5. The summed E-state index contributed by atoms with van der Waals surface area (Å²) in [5.74, 6) is 1.65. The highest BCUT2D eigenvalue weighted by molar-refractivity contribution is 6.10. The van der Waals surface area contributed by atoms with Crippen molar-refractivity contribution >= 4 is 45.9 Å². The first kappa shape index (κ1) is 22.0. The van der Waals surface area contributed by atoms with Gasteiger partial charge in [-0.3, -0.25) is 14.8 Å². The third-order valence-corrected chi connectivity index (χ3v) is 6.97. The number of hydrogen-bond donors (Lipinski definition) is 2. The minimum atomic E-state index is -0.408. The fraction of sp³-hybridized carbons (Fsp3) is 0.308. The molecule has 1 saturated carbocycles. The highest BCUT2D eigenvalue weighted by atomic mass is 16.2. The third kappa shape index (κ3) is 3.79. The maximum Gasteiger partial charge on any atom is 0.254 e. The highest BCUT2D eigenvalue weighted by Gasteiger charge is 2.41. The van der Waals surface area contributed by atoms with E-state index in [0.717, 1.165) is 36.7 Å². The van der Waals surface area contributed by atoms with Gasteiger partial charge < -0.3 is 10.2 Å². The minimum absolute atomic E-state index is 0.0560. The quantitative estimate of drug-likeness (QED) is 0.436. The number of carbonyl (C=O) groups is 1. The first-order valence-corrected chi connectivity index (χ1v) is 12.2. The molecule has 4 aromatic rings. The lowest BCUT2D eigenvalue weighted by Gasteiger charge is -2.45. The summed E-state index contributed by atoms with van der Waals surface area (Å²) in [6.07, 6.45) is 8.87. The van der Waals surface area contributed by atoms with Crippen LogP contribution in [-0.4, -0.2) is 43.1 Å². The second-order valence-electron chi connectivity index (χ2n) is 9.24. The van der Waals surface area contributed by atoms with Gasteiger partial charge in [-0.1, -0.05) is 25.3 Å². The minimum Gasteiger partial charge on any atom is -0.340 e. The normalized spacial score (nSPS) is 18.2. The lowest BCUT2D eigenvalue weighted by atomic mass is 9.92. The number of anilines is 5. The molecule has 1 aromatic carbocycles. The molecule has 180 valence electrons. The molecule has 1 fully saturated rings. The molecule has 10 nitrogen and oxygen atoms in total. The number of hydrogen-bond acceptors (Lipinski definition) is 8. The number of pyridine rings is 1. The van der Waals surface area contributed by atoms with Crippen molar-refractivity contribution in [3.63, 3.8) is 0 Å². The summed E-state index contributed by atoms with van der Waals surface area (Å²) in [7, 11) is 0. The van der Waals surface area contributed by atoms with Crippen LogP contribution in [-0.2, 0) is 4.79 Å². The van der Waals surface area contributed by atoms with Gasteiger partial charge in [-0.2, -0.15) is 15.3 Å². The summed E-state index contributed by atoms with van der Waals surface area (Å²) in [5, 5.41) is 19.5. The van der Waals surface area contributed by atoms with Gasteiger partial charge in [0.2, 0.25) is 5.95 Å². The van der Waals surface area contributed by atoms with Gasteiger partial charge in [0.25, 0.3) is 5.91 Å². The zero-order valence-corrected chi connectivity index (χ0v) is 19.8. The molecule has 4 heterocycles. The van der Waals surface area contributed by atoms with Gasteiger partial charge in [0.1, 0.15) is 23.1 Å². The summed E-state index contributed by atoms with van der Waals surface area (Å²) in [6.45, 7) is 1.94. The zero-order valence-electron chi connectivity index (χ0n) is 19.8. The van der Waals surface area contributed by atoms with E-state index < -0.39 is 6.04 Å². The van der Waals surface area contributed by atoms with Crippen molar-refractivity contribution in [1.82, 2.24) is 25.1 Å². The predicted octanol–water partition coefficient (Wildman–Crippen LogP) is 4.57. The Hall–Kier alpha value is -4.52. The van der Waals surface area contributed by atoms with Crippen LogP contribution >= 0.6 is 0 Å². The Balaban J connectivity index is 1.44.